The number of nitrogens with two attached hydrogens (primary N) is 1. The van der Waals surface area contributed by atoms with Crippen molar-refractivity contribution in [3.8, 4) is 0 Å². The van der Waals surface area contributed by atoms with E-state index in [1.807, 2.05) is 25.1 Å². The van der Waals surface area contributed by atoms with Crippen molar-refractivity contribution in [3.05, 3.63) is 23.9 Å². The molecule has 1 amide bonds. The molecule has 0 spiro atoms. The lowest BCUT2D eigenvalue weighted by Gasteiger charge is -2.16. The number of aromatic nitrogens is 2. The fourth-order valence-corrected chi connectivity index (χ4v) is 2.28. The number of rotatable bonds is 1. The Morgan fingerprint density at radius 3 is 3.06 bits per heavy atom. The normalized spacial score (nSPS) is 20.5. The van der Waals surface area contributed by atoms with Crippen LogP contribution in [0, 0.1) is 6.92 Å². The van der Waals surface area contributed by atoms with Crippen molar-refractivity contribution in [2.75, 3.05) is 11.4 Å². The van der Waals surface area contributed by atoms with Crippen LogP contribution in [0.4, 0.5) is 5.69 Å². The van der Waals surface area contributed by atoms with Gasteiger partial charge in [0.05, 0.1) is 5.52 Å². The third kappa shape index (κ3) is 1.59. The van der Waals surface area contributed by atoms with E-state index in [1.54, 1.807) is 4.90 Å². The Hall–Kier alpha value is -1.88. The van der Waals surface area contributed by atoms with E-state index in [0.29, 0.717) is 13.0 Å². The second kappa shape index (κ2) is 3.56. The van der Waals surface area contributed by atoms with Crippen LogP contribution in [0.15, 0.2) is 18.2 Å². The Bertz CT molecular complexity index is 589. The van der Waals surface area contributed by atoms with Crippen LogP contribution in [0.3, 0.4) is 0 Å². The predicted molar refractivity (Wildman–Crippen MR) is 65.8 cm³/mol. The van der Waals surface area contributed by atoms with Crippen molar-refractivity contribution >= 4 is 22.5 Å². The number of fused-ring (bicyclic) bond motifs is 1. The van der Waals surface area contributed by atoms with Gasteiger partial charge in [-0.25, -0.2) is 0 Å². The number of carbonyl (C=O) groups is 1. The fraction of sp³-hybridized carbons (Fsp3) is 0.333. The highest BCUT2D eigenvalue weighted by atomic mass is 16.2. The number of nitrogens with zero attached hydrogens (tertiary/aromatic N) is 2. The highest BCUT2D eigenvalue weighted by Crippen LogP contribution is 2.26. The number of nitrogens with one attached hydrogen (secondary N) is 1. The van der Waals surface area contributed by atoms with Gasteiger partial charge >= 0.3 is 0 Å². The molecule has 1 aliphatic heterocycles. The van der Waals surface area contributed by atoms with Gasteiger partial charge in [0.1, 0.15) is 0 Å². The number of benzene rings is 1. The average Bonchev–Trinajstić information content (AvgIpc) is 2.83. The SMILES string of the molecule is Cc1[nH]nc2ccc(N3CC(N)CC3=O)cc12. The lowest BCUT2D eigenvalue weighted by molar-refractivity contribution is -0.117. The van der Waals surface area contributed by atoms with Gasteiger partial charge in [0, 0.05) is 35.8 Å². The first-order valence-electron chi connectivity index (χ1n) is 5.66. The molecule has 1 fully saturated rings. The molecular weight excluding hydrogens is 216 g/mol. The second-order valence-electron chi connectivity index (χ2n) is 4.52. The zero-order valence-corrected chi connectivity index (χ0v) is 9.60. The minimum atomic E-state index is -0.0522. The minimum absolute atomic E-state index is 0.0522. The molecule has 2 heterocycles. The molecule has 1 atom stereocenters. The third-order valence-corrected chi connectivity index (χ3v) is 3.19. The Labute approximate surface area is 98.6 Å². The molecule has 3 rings (SSSR count). The van der Waals surface area contributed by atoms with Gasteiger partial charge in [0.2, 0.25) is 5.91 Å². The summed E-state index contributed by atoms with van der Waals surface area (Å²) in [4.78, 5) is 13.5. The Morgan fingerprint density at radius 2 is 2.35 bits per heavy atom. The molecular formula is C12H14N4O. The van der Waals surface area contributed by atoms with E-state index in [0.717, 1.165) is 22.3 Å². The molecule has 1 aliphatic rings. The summed E-state index contributed by atoms with van der Waals surface area (Å²) in [6, 6.07) is 5.78. The zero-order chi connectivity index (χ0) is 12.0. The number of hydrogen-bond acceptors (Lipinski definition) is 3. The van der Waals surface area contributed by atoms with Gasteiger partial charge in [-0.2, -0.15) is 5.10 Å². The number of anilines is 1. The molecule has 5 nitrogen and oxygen atoms in total. The molecule has 0 bridgehead atoms. The molecule has 0 radical (unpaired) electrons. The van der Waals surface area contributed by atoms with E-state index in [1.165, 1.54) is 0 Å². The molecule has 1 saturated heterocycles. The van der Waals surface area contributed by atoms with Crippen molar-refractivity contribution in [2.45, 2.75) is 19.4 Å². The fourth-order valence-electron chi connectivity index (χ4n) is 2.28. The van der Waals surface area contributed by atoms with E-state index >= 15 is 0 Å². The lowest BCUT2D eigenvalue weighted by Crippen LogP contribution is -2.27. The van der Waals surface area contributed by atoms with Gasteiger partial charge in [0.25, 0.3) is 0 Å². The standard InChI is InChI=1S/C12H14N4O/c1-7-10-5-9(2-3-11(10)15-14-7)16-6-8(13)4-12(16)17/h2-3,5,8H,4,6,13H2,1H3,(H,14,15). The molecule has 88 valence electrons. The third-order valence-electron chi connectivity index (χ3n) is 3.19. The summed E-state index contributed by atoms with van der Waals surface area (Å²) in [5.74, 6) is 0.0954. The van der Waals surface area contributed by atoms with E-state index in [-0.39, 0.29) is 11.9 Å². The number of aryl methyl sites for hydroxylation is 1. The Balaban J connectivity index is 2.06. The quantitative estimate of drug-likeness (QED) is 0.765. The van der Waals surface area contributed by atoms with Gasteiger partial charge in [-0.15, -0.1) is 0 Å². The molecule has 0 saturated carbocycles. The summed E-state index contributed by atoms with van der Waals surface area (Å²) >= 11 is 0. The Kier molecular flexibility index (Phi) is 2.16. The molecule has 1 aromatic carbocycles. The monoisotopic (exact) mass is 230 g/mol. The summed E-state index contributed by atoms with van der Waals surface area (Å²) in [6.07, 6.45) is 0.433. The molecule has 3 N–H and O–H groups in total. The van der Waals surface area contributed by atoms with Crippen LogP contribution >= 0.6 is 0 Å². The largest absolute Gasteiger partial charge is 0.326 e. The first-order chi connectivity index (χ1) is 8.15. The summed E-state index contributed by atoms with van der Waals surface area (Å²) in [5.41, 5.74) is 8.63. The van der Waals surface area contributed by atoms with Gasteiger partial charge < -0.3 is 10.6 Å². The van der Waals surface area contributed by atoms with E-state index < -0.39 is 0 Å². The topological polar surface area (TPSA) is 75.0 Å². The van der Waals surface area contributed by atoms with Crippen LogP contribution in [-0.4, -0.2) is 28.7 Å². The van der Waals surface area contributed by atoms with E-state index in [4.69, 9.17) is 5.73 Å². The van der Waals surface area contributed by atoms with Crippen molar-refractivity contribution < 1.29 is 4.79 Å². The van der Waals surface area contributed by atoms with Crippen LogP contribution < -0.4 is 10.6 Å². The van der Waals surface area contributed by atoms with Gasteiger partial charge in [-0.05, 0) is 25.1 Å². The zero-order valence-electron chi connectivity index (χ0n) is 9.60. The number of H-pyrrole nitrogens is 1. The molecule has 1 unspecified atom stereocenters. The molecule has 1 aromatic heterocycles. The minimum Gasteiger partial charge on any atom is -0.326 e. The van der Waals surface area contributed by atoms with Crippen molar-refractivity contribution in [1.29, 1.82) is 0 Å². The molecule has 0 aliphatic carbocycles. The highest BCUT2D eigenvalue weighted by molar-refractivity contribution is 5.98. The maximum Gasteiger partial charge on any atom is 0.228 e. The average molecular weight is 230 g/mol. The number of carbonyl (C=O) groups excluding carboxylic acids is 1. The molecule has 17 heavy (non-hydrogen) atoms. The van der Waals surface area contributed by atoms with Gasteiger partial charge in [0.15, 0.2) is 0 Å². The maximum absolute atomic E-state index is 11.8. The number of hydrogen-bond donors (Lipinski definition) is 2. The Morgan fingerprint density at radius 1 is 1.53 bits per heavy atom. The predicted octanol–water partition coefficient (Wildman–Crippen LogP) is 0.935. The van der Waals surface area contributed by atoms with Crippen LogP contribution in [0.5, 0.6) is 0 Å². The number of amides is 1. The van der Waals surface area contributed by atoms with Gasteiger partial charge in [-0.3, -0.25) is 9.89 Å². The van der Waals surface area contributed by atoms with Crippen molar-refractivity contribution in [2.24, 2.45) is 5.73 Å². The maximum atomic E-state index is 11.8. The van der Waals surface area contributed by atoms with Crippen LogP contribution in [0.25, 0.3) is 10.9 Å². The first-order valence-corrected chi connectivity index (χ1v) is 5.66. The summed E-state index contributed by atoms with van der Waals surface area (Å²) in [6.45, 7) is 2.57. The van der Waals surface area contributed by atoms with Crippen LogP contribution in [0.1, 0.15) is 12.1 Å². The van der Waals surface area contributed by atoms with Crippen molar-refractivity contribution in [3.63, 3.8) is 0 Å². The molecule has 5 heteroatoms. The van der Waals surface area contributed by atoms with E-state index in [2.05, 4.69) is 10.2 Å². The number of aromatic amines is 1. The second-order valence-corrected chi connectivity index (χ2v) is 4.52. The smallest absolute Gasteiger partial charge is 0.228 e. The van der Waals surface area contributed by atoms with Gasteiger partial charge in [-0.1, -0.05) is 0 Å². The summed E-state index contributed by atoms with van der Waals surface area (Å²) in [7, 11) is 0. The highest BCUT2D eigenvalue weighted by Gasteiger charge is 2.28. The van der Waals surface area contributed by atoms with Crippen molar-refractivity contribution in [1.82, 2.24) is 10.2 Å². The lowest BCUT2D eigenvalue weighted by atomic mass is 10.2. The summed E-state index contributed by atoms with van der Waals surface area (Å²) < 4.78 is 0. The molecule has 2 aromatic rings. The first kappa shape index (κ1) is 10.3. The summed E-state index contributed by atoms with van der Waals surface area (Å²) in [5, 5.41) is 8.15. The van der Waals surface area contributed by atoms with E-state index in [9.17, 15) is 4.79 Å². The van der Waals surface area contributed by atoms with Crippen LogP contribution in [-0.2, 0) is 4.79 Å². The van der Waals surface area contributed by atoms with Crippen LogP contribution in [0.2, 0.25) is 0 Å².